The molecule has 0 atom stereocenters. The van der Waals surface area contributed by atoms with Crippen molar-refractivity contribution in [1.29, 1.82) is 0 Å². The molecule has 182 valence electrons. The monoisotopic (exact) mass is 499 g/mol. The molecule has 9 nitrogen and oxygen atoms in total. The highest BCUT2D eigenvalue weighted by molar-refractivity contribution is 7.89. The summed E-state index contributed by atoms with van der Waals surface area (Å²) >= 11 is 0. The molecule has 36 heavy (non-hydrogen) atoms. The Morgan fingerprint density at radius 2 is 1.86 bits per heavy atom. The number of aryl methyl sites for hydroxylation is 1. The van der Waals surface area contributed by atoms with Crippen molar-refractivity contribution in [3.63, 3.8) is 0 Å². The van der Waals surface area contributed by atoms with Crippen molar-refractivity contribution in [2.45, 2.75) is 24.7 Å². The number of benzene rings is 2. The van der Waals surface area contributed by atoms with Gasteiger partial charge in [0.25, 0.3) is 0 Å². The molecule has 2 N–H and O–H groups in total. The Kier molecular flexibility index (Phi) is 6.83. The first-order valence-electron chi connectivity index (χ1n) is 11.8. The summed E-state index contributed by atoms with van der Waals surface area (Å²) in [6.07, 6.45) is 7.77. The van der Waals surface area contributed by atoms with E-state index in [4.69, 9.17) is 4.98 Å². The van der Waals surface area contributed by atoms with Crippen LogP contribution in [-0.2, 0) is 16.6 Å². The fourth-order valence-corrected chi connectivity index (χ4v) is 5.01. The zero-order valence-corrected chi connectivity index (χ0v) is 20.7. The molecule has 0 aliphatic carbocycles. The predicted molar refractivity (Wildman–Crippen MR) is 143 cm³/mol. The van der Waals surface area contributed by atoms with E-state index in [1.54, 1.807) is 41.3 Å². The van der Waals surface area contributed by atoms with Crippen molar-refractivity contribution in [3.05, 3.63) is 85.6 Å². The Hall–Kier alpha value is -3.96. The van der Waals surface area contributed by atoms with Gasteiger partial charge in [0.1, 0.15) is 5.82 Å². The second-order valence-corrected chi connectivity index (χ2v) is 10.1. The lowest BCUT2D eigenvalue weighted by Crippen LogP contribution is -2.25. The van der Waals surface area contributed by atoms with Crippen molar-refractivity contribution in [3.8, 4) is 11.3 Å². The second kappa shape index (κ2) is 10.3. The summed E-state index contributed by atoms with van der Waals surface area (Å²) < 4.78 is 31.8. The SMILES string of the molecule is CBc1cnn2c(Nc3ccc(S(=O)(=O)NCCCn4ccnc4)cc3)cc(-c3ccccc3)nc12. The maximum atomic E-state index is 12.7. The maximum absolute atomic E-state index is 12.7. The summed E-state index contributed by atoms with van der Waals surface area (Å²) in [4.78, 5) is 9.05. The van der Waals surface area contributed by atoms with Crippen molar-refractivity contribution in [2.24, 2.45) is 0 Å². The Labute approximate surface area is 210 Å². The van der Waals surface area contributed by atoms with Gasteiger partial charge in [-0.25, -0.2) is 23.1 Å². The molecule has 0 aliphatic rings. The third-order valence-corrected chi connectivity index (χ3v) is 7.35. The zero-order valence-electron chi connectivity index (χ0n) is 19.9. The van der Waals surface area contributed by atoms with E-state index in [2.05, 4.69) is 26.9 Å². The fraction of sp³-hybridized carbons (Fsp3) is 0.160. The van der Waals surface area contributed by atoms with Crippen LogP contribution in [0, 0.1) is 0 Å². The molecule has 0 saturated heterocycles. The number of fused-ring (bicyclic) bond motifs is 1. The van der Waals surface area contributed by atoms with E-state index in [0.29, 0.717) is 19.5 Å². The Morgan fingerprint density at radius 1 is 1.06 bits per heavy atom. The molecule has 3 heterocycles. The number of rotatable bonds is 10. The molecule has 0 bridgehead atoms. The van der Waals surface area contributed by atoms with Crippen LogP contribution in [0.25, 0.3) is 16.9 Å². The molecule has 0 unspecified atom stereocenters. The molecule has 3 aromatic heterocycles. The summed E-state index contributed by atoms with van der Waals surface area (Å²) in [6.45, 7) is 3.12. The first-order chi connectivity index (χ1) is 17.5. The minimum atomic E-state index is -3.60. The quantitative estimate of drug-likeness (QED) is 0.226. The summed E-state index contributed by atoms with van der Waals surface area (Å²) in [7, 11) is -2.78. The van der Waals surface area contributed by atoms with Crippen LogP contribution in [0.1, 0.15) is 6.42 Å². The Balaban J connectivity index is 1.34. The van der Waals surface area contributed by atoms with E-state index in [1.165, 1.54) is 0 Å². The van der Waals surface area contributed by atoms with Crippen LogP contribution in [0.4, 0.5) is 11.5 Å². The average Bonchev–Trinajstić information content (AvgIpc) is 3.57. The van der Waals surface area contributed by atoms with Crippen molar-refractivity contribution < 1.29 is 8.42 Å². The lowest BCUT2D eigenvalue weighted by atomic mass is 9.75. The highest BCUT2D eigenvalue weighted by Crippen LogP contribution is 2.24. The highest BCUT2D eigenvalue weighted by Gasteiger charge is 2.15. The van der Waals surface area contributed by atoms with Crippen LogP contribution in [0.15, 0.2) is 90.5 Å². The molecule has 11 heteroatoms. The molecule has 0 saturated carbocycles. The van der Waals surface area contributed by atoms with Gasteiger partial charge >= 0.3 is 0 Å². The van der Waals surface area contributed by atoms with Gasteiger partial charge in [0, 0.05) is 49.0 Å². The summed E-state index contributed by atoms with van der Waals surface area (Å²) in [6, 6.07) is 18.6. The van der Waals surface area contributed by atoms with Gasteiger partial charge in [-0.3, -0.25) is 0 Å². The molecular weight excluding hydrogens is 473 g/mol. The van der Waals surface area contributed by atoms with Gasteiger partial charge in [-0.15, -0.1) is 0 Å². The van der Waals surface area contributed by atoms with Crippen LogP contribution < -0.4 is 15.5 Å². The van der Waals surface area contributed by atoms with Crippen LogP contribution in [0.5, 0.6) is 0 Å². The van der Waals surface area contributed by atoms with Gasteiger partial charge in [-0.05, 0) is 36.1 Å². The zero-order chi connectivity index (χ0) is 25.0. The molecule has 0 aliphatic heterocycles. The number of sulfonamides is 1. The van der Waals surface area contributed by atoms with E-state index in [0.717, 1.165) is 41.2 Å². The van der Waals surface area contributed by atoms with Gasteiger partial charge in [-0.2, -0.15) is 9.61 Å². The van der Waals surface area contributed by atoms with Crippen LogP contribution >= 0.6 is 0 Å². The minimum absolute atomic E-state index is 0.216. The highest BCUT2D eigenvalue weighted by atomic mass is 32.2. The Morgan fingerprint density at radius 3 is 2.58 bits per heavy atom. The molecule has 5 rings (SSSR count). The van der Waals surface area contributed by atoms with E-state index in [-0.39, 0.29) is 4.90 Å². The number of nitrogens with zero attached hydrogens (tertiary/aromatic N) is 5. The van der Waals surface area contributed by atoms with Crippen LogP contribution in [0.2, 0.25) is 6.82 Å². The lowest BCUT2D eigenvalue weighted by Gasteiger charge is -2.12. The summed E-state index contributed by atoms with van der Waals surface area (Å²) in [5, 5.41) is 7.90. The summed E-state index contributed by atoms with van der Waals surface area (Å²) in [5.74, 6) is 0.742. The largest absolute Gasteiger partial charge is 0.340 e. The number of hydrogen-bond acceptors (Lipinski definition) is 6. The third-order valence-electron chi connectivity index (χ3n) is 5.88. The molecular formula is C25H26BN7O2S. The molecule has 0 fully saturated rings. The topological polar surface area (TPSA) is 106 Å². The number of aromatic nitrogens is 5. The van der Waals surface area contributed by atoms with Gasteiger partial charge in [-0.1, -0.05) is 37.2 Å². The van der Waals surface area contributed by atoms with Crippen molar-refractivity contribution >= 4 is 39.9 Å². The minimum Gasteiger partial charge on any atom is -0.340 e. The molecule has 2 aromatic carbocycles. The van der Waals surface area contributed by atoms with Gasteiger partial charge in [0.05, 0.1) is 16.9 Å². The maximum Gasteiger partial charge on any atom is 0.240 e. The van der Waals surface area contributed by atoms with Gasteiger partial charge < -0.3 is 9.88 Å². The number of imidazole rings is 1. The average molecular weight is 499 g/mol. The predicted octanol–water partition coefficient (Wildman–Crippen LogP) is 2.81. The molecule has 0 amide bonds. The van der Waals surface area contributed by atoms with Gasteiger partial charge in [0.15, 0.2) is 12.9 Å². The van der Waals surface area contributed by atoms with E-state index in [9.17, 15) is 8.42 Å². The third kappa shape index (κ3) is 5.17. The van der Waals surface area contributed by atoms with E-state index < -0.39 is 10.0 Å². The van der Waals surface area contributed by atoms with Crippen molar-refractivity contribution in [1.82, 2.24) is 28.9 Å². The molecule has 0 spiro atoms. The number of nitrogens with one attached hydrogen (secondary N) is 2. The molecule has 5 aromatic rings. The lowest BCUT2D eigenvalue weighted by molar-refractivity contribution is 0.570. The number of anilines is 2. The first kappa shape index (κ1) is 23.8. The fourth-order valence-electron chi connectivity index (χ4n) is 3.94. The van der Waals surface area contributed by atoms with Crippen molar-refractivity contribution in [2.75, 3.05) is 11.9 Å². The Bertz CT molecular complexity index is 1550. The van der Waals surface area contributed by atoms with Gasteiger partial charge in [0.2, 0.25) is 10.0 Å². The number of hydrogen-bond donors (Lipinski definition) is 2. The second-order valence-electron chi connectivity index (χ2n) is 8.35. The first-order valence-corrected chi connectivity index (χ1v) is 13.3. The standard InChI is InChI=1S/C25H26BN7O2S/c1-26-22-17-28-33-24(16-23(31-25(22)33)19-6-3-2-4-7-19)30-20-8-10-21(11-9-20)36(34,35)29-12-5-14-32-15-13-27-18-32/h2-4,6-11,13,15-18,26,29-30H,5,12,14H2,1H3. The van der Waals surface area contributed by atoms with Crippen LogP contribution in [0.3, 0.4) is 0 Å². The summed E-state index contributed by atoms with van der Waals surface area (Å²) in [5.41, 5.74) is 4.43. The van der Waals surface area contributed by atoms with Crippen LogP contribution in [-0.4, -0.2) is 46.4 Å². The van der Waals surface area contributed by atoms with E-state index >= 15 is 0 Å². The normalized spacial score (nSPS) is 11.6. The van der Waals surface area contributed by atoms with E-state index in [1.807, 2.05) is 53.4 Å². The smallest absolute Gasteiger partial charge is 0.240 e. The molecule has 0 radical (unpaired) electrons.